The molecule has 0 aliphatic carbocycles. The highest BCUT2D eigenvalue weighted by atomic mass is 35.5. The Bertz CT molecular complexity index is 426. The molecule has 4 heteroatoms. The number of rotatable bonds is 2. The van der Waals surface area contributed by atoms with Crippen LogP contribution in [-0.2, 0) is 0 Å². The predicted molar refractivity (Wildman–Crippen MR) is 55.6 cm³/mol. The molecule has 0 spiro atoms. The van der Waals surface area contributed by atoms with Crippen LogP contribution in [-0.4, -0.2) is 17.3 Å². The molecule has 2 rings (SSSR count). The van der Waals surface area contributed by atoms with Crippen LogP contribution in [0, 0.1) is 0 Å². The van der Waals surface area contributed by atoms with Gasteiger partial charge in [-0.1, -0.05) is 11.6 Å². The van der Waals surface area contributed by atoms with E-state index in [1.54, 1.807) is 25.6 Å². The molecule has 1 N–H and O–H groups in total. The second kappa shape index (κ2) is 3.72. The van der Waals surface area contributed by atoms with E-state index in [9.17, 15) is 0 Å². The summed E-state index contributed by atoms with van der Waals surface area (Å²) >= 11 is 5.90. The van der Waals surface area contributed by atoms with E-state index in [0.29, 0.717) is 5.02 Å². The molecule has 1 aromatic heterocycles. The number of nitrogens with one attached hydrogen (secondary N) is 1. The first-order valence-electron chi connectivity index (χ1n) is 4.14. The summed E-state index contributed by atoms with van der Waals surface area (Å²) in [5.41, 5.74) is 1.90. The molecule has 0 unspecified atom stereocenters. The van der Waals surface area contributed by atoms with E-state index in [-0.39, 0.29) is 0 Å². The normalized spacial score (nSPS) is 10.1. The van der Waals surface area contributed by atoms with Gasteiger partial charge in [0, 0.05) is 22.3 Å². The molecule has 0 fully saturated rings. The molecule has 0 saturated heterocycles. The number of ether oxygens (including phenoxy) is 1. The molecule has 14 heavy (non-hydrogen) atoms. The highest BCUT2D eigenvalue weighted by Crippen LogP contribution is 2.31. The van der Waals surface area contributed by atoms with Gasteiger partial charge in [0.05, 0.1) is 13.3 Å². The fraction of sp³-hybridized carbons (Fsp3) is 0.100. The number of aromatic nitrogens is 2. The quantitative estimate of drug-likeness (QED) is 0.824. The molecular formula is C10H9ClN2O. The molecule has 1 aromatic carbocycles. The largest absolute Gasteiger partial charge is 0.496 e. The third-order valence-electron chi connectivity index (χ3n) is 1.97. The summed E-state index contributed by atoms with van der Waals surface area (Å²) in [7, 11) is 1.63. The average molecular weight is 209 g/mol. The van der Waals surface area contributed by atoms with Gasteiger partial charge < -0.3 is 4.74 Å². The molecule has 2 aromatic rings. The van der Waals surface area contributed by atoms with E-state index in [1.807, 2.05) is 12.1 Å². The van der Waals surface area contributed by atoms with Gasteiger partial charge in [0.25, 0.3) is 0 Å². The Hall–Kier alpha value is -1.48. The number of hydrogen-bond donors (Lipinski definition) is 1. The maximum absolute atomic E-state index is 5.90. The van der Waals surface area contributed by atoms with E-state index >= 15 is 0 Å². The highest BCUT2D eigenvalue weighted by Gasteiger charge is 2.06. The van der Waals surface area contributed by atoms with Crippen molar-refractivity contribution < 1.29 is 4.74 Å². The SMILES string of the molecule is COc1ccc(Cl)cc1-c1cn[nH]c1. The van der Waals surface area contributed by atoms with Gasteiger partial charge in [-0.2, -0.15) is 5.10 Å². The van der Waals surface area contributed by atoms with Gasteiger partial charge >= 0.3 is 0 Å². The summed E-state index contributed by atoms with van der Waals surface area (Å²) < 4.78 is 5.22. The Morgan fingerprint density at radius 2 is 2.29 bits per heavy atom. The molecule has 3 nitrogen and oxygen atoms in total. The Labute approximate surface area is 86.7 Å². The van der Waals surface area contributed by atoms with Crippen LogP contribution in [0.5, 0.6) is 5.75 Å². The number of hydrogen-bond acceptors (Lipinski definition) is 2. The summed E-state index contributed by atoms with van der Waals surface area (Å²) in [5.74, 6) is 0.788. The van der Waals surface area contributed by atoms with Gasteiger partial charge in [-0.25, -0.2) is 0 Å². The third-order valence-corrected chi connectivity index (χ3v) is 2.21. The topological polar surface area (TPSA) is 37.9 Å². The molecular weight excluding hydrogens is 200 g/mol. The van der Waals surface area contributed by atoms with Crippen molar-refractivity contribution in [3.63, 3.8) is 0 Å². The fourth-order valence-corrected chi connectivity index (χ4v) is 1.48. The number of halogens is 1. The number of nitrogens with zero attached hydrogens (tertiary/aromatic N) is 1. The zero-order valence-corrected chi connectivity index (χ0v) is 8.38. The second-order valence-corrected chi connectivity index (χ2v) is 3.27. The summed E-state index contributed by atoms with van der Waals surface area (Å²) in [6.07, 6.45) is 3.53. The monoisotopic (exact) mass is 208 g/mol. The molecule has 0 saturated carbocycles. The molecule has 0 radical (unpaired) electrons. The third kappa shape index (κ3) is 1.59. The summed E-state index contributed by atoms with van der Waals surface area (Å²) in [4.78, 5) is 0. The van der Waals surface area contributed by atoms with Crippen LogP contribution in [0.2, 0.25) is 5.02 Å². The van der Waals surface area contributed by atoms with Crippen molar-refractivity contribution in [1.29, 1.82) is 0 Å². The zero-order valence-electron chi connectivity index (χ0n) is 7.62. The molecule has 0 aliphatic rings. The van der Waals surface area contributed by atoms with Crippen molar-refractivity contribution in [1.82, 2.24) is 10.2 Å². The molecule has 0 amide bonds. The fourth-order valence-electron chi connectivity index (χ4n) is 1.30. The van der Waals surface area contributed by atoms with Crippen LogP contribution in [0.3, 0.4) is 0 Å². The van der Waals surface area contributed by atoms with Crippen LogP contribution in [0.4, 0.5) is 0 Å². The smallest absolute Gasteiger partial charge is 0.126 e. The standard InChI is InChI=1S/C10H9ClN2O/c1-14-10-3-2-8(11)4-9(10)7-5-12-13-6-7/h2-6H,1H3,(H,12,13). The van der Waals surface area contributed by atoms with Gasteiger partial charge in [0.1, 0.15) is 5.75 Å². The first-order valence-corrected chi connectivity index (χ1v) is 4.52. The van der Waals surface area contributed by atoms with Crippen molar-refractivity contribution >= 4 is 11.6 Å². The first kappa shape index (κ1) is 9.09. The van der Waals surface area contributed by atoms with Gasteiger partial charge in [0.2, 0.25) is 0 Å². The van der Waals surface area contributed by atoms with Crippen molar-refractivity contribution in [3.05, 3.63) is 35.6 Å². The molecule has 0 aliphatic heterocycles. The summed E-state index contributed by atoms with van der Waals surface area (Å²) in [6, 6.07) is 5.49. The molecule has 0 atom stereocenters. The van der Waals surface area contributed by atoms with Crippen LogP contribution < -0.4 is 4.74 Å². The first-order chi connectivity index (χ1) is 6.81. The van der Waals surface area contributed by atoms with Gasteiger partial charge in [0.15, 0.2) is 0 Å². The lowest BCUT2D eigenvalue weighted by Gasteiger charge is -2.06. The van der Waals surface area contributed by atoms with Crippen LogP contribution in [0.15, 0.2) is 30.6 Å². The van der Waals surface area contributed by atoms with Crippen LogP contribution in [0.25, 0.3) is 11.1 Å². The van der Waals surface area contributed by atoms with E-state index in [2.05, 4.69) is 10.2 Å². The molecule has 0 bridgehead atoms. The van der Waals surface area contributed by atoms with Crippen LogP contribution >= 0.6 is 11.6 Å². The predicted octanol–water partition coefficient (Wildman–Crippen LogP) is 2.74. The zero-order chi connectivity index (χ0) is 9.97. The average Bonchev–Trinajstić information content (AvgIpc) is 2.70. The minimum absolute atomic E-state index is 0.682. The lowest BCUT2D eigenvalue weighted by Crippen LogP contribution is -1.86. The maximum atomic E-state index is 5.90. The van der Waals surface area contributed by atoms with E-state index in [1.165, 1.54) is 0 Å². The second-order valence-electron chi connectivity index (χ2n) is 2.83. The Morgan fingerprint density at radius 1 is 1.43 bits per heavy atom. The van der Waals surface area contributed by atoms with E-state index in [4.69, 9.17) is 16.3 Å². The van der Waals surface area contributed by atoms with Crippen molar-refractivity contribution in [3.8, 4) is 16.9 Å². The highest BCUT2D eigenvalue weighted by molar-refractivity contribution is 6.31. The summed E-state index contributed by atoms with van der Waals surface area (Å²) in [6.45, 7) is 0. The van der Waals surface area contributed by atoms with Crippen molar-refractivity contribution in [2.45, 2.75) is 0 Å². The van der Waals surface area contributed by atoms with Gasteiger partial charge in [-0.15, -0.1) is 0 Å². The minimum atomic E-state index is 0.682. The molecule has 72 valence electrons. The number of benzene rings is 1. The minimum Gasteiger partial charge on any atom is -0.496 e. The van der Waals surface area contributed by atoms with Gasteiger partial charge in [-0.05, 0) is 18.2 Å². The summed E-state index contributed by atoms with van der Waals surface area (Å²) in [5, 5.41) is 7.31. The van der Waals surface area contributed by atoms with Crippen molar-refractivity contribution in [2.75, 3.05) is 7.11 Å². The Kier molecular flexibility index (Phi) is 2.41. The van der Waals surface area contributed by atoms with Gasteiger partial charge in [-0.3, -0.25) is 5.10 Å². The Balaban J connectivity index is 2.55. The number of aromatic amines is 1. The maximum Gasteiger partial charge on any atom is 0.126 e. The van der Waals surface area contributed by atoms with E-state index in [0.717, 1.165) is 16.9 Å². The van der Waals surface area contributed by atoms with Crippen molar-refractivity contribution in [2.24, 2.45) is 0 Å². The van der Waals surface area contributed by atoms with Crippen LogP contribution in [0.1, 0.15) is 0 Å². The van der Waals surface area contributed by atoms with E-state index < -0.39 is 0 Å². The molecule has 1 heterocycles. The lowest BCUT2D eigenvalue weighted by atomic mass is 10.1. The number of H-pyrrole nitrogens is 1. The lowest BCUT2D eigenvalue weighted by molar-refractivity contribution is 0.416. The number of methoxy groups -OCH3 is 1. The Morgan fingerprint density at radius 3 is 2.93 bits per heavy atom.